The fourth-order valence-corrected chi connectivity index (χ4v) is 4.09. The van der Waals surface area contributed by atoms with Crippen LogP contribution < -0.4 is 10.1 Å². The minimum atomic E-state index is -0.435. The van der Waals surface area contributed by atoms with Crippen molar-refractivity contribution >= 4 is 23.5 Å². The van der Waals surface area contributed by atoms with Gasteiger partial charge in [-0.3, -0.25) is 4.90 Å². The number of ether oxygens (including phenoxy) is 1. The van der Waals surface area contributed by atoms with Crippen LogP contribution in [0.5, 0.6) is 5.75 Å². The lowest BCUT2D eigenvalue weighted by molar-refractivity contribution is 0.0711. The Balaban J connectivity index is 1.72. The van der Waals surface area contributed by atoms with E-state index in [9.17, 15) is 5.11 Å². The lowest BCUT2D eigenvalue weighted by Gasteiger charge is -2.28. The first-order valence-electron chi connectivity index (χ1n) is 8.68. The van der Waals surface area contributed by atoms with Crippen LogP contribution in [0, 0.1) is 0 Å². The third kappa shape index (κ3) is 7.66. The summed E-state index contributed by atoms with van der Waals surface area (Å²) in [6, 6.07) is 8.10. The zero-order valence-corrected chi connectivity index (χ0v) is 16.2. The summed E-state index contributed by atoms with van der Waals surface area (Å²) in [4.78, 5) is 2.32. The smallest absolute Gasteiger partial charge is 0.123 e. The van der Waals surface area contributed by atoms with E-state index in [1.165, 1.54) is 23.7 Å². The van der Waals surface area contributed by atoms with Gasteiger partial charge in [0.15, 0.2) is 0 Å². The largest absolute Gasteiger partial charge is 0.491 e. The van der Waals surface area contributed by atoms with Gasteiger partial charge in [0.05, 0.1) is 0 Å². The molecule has 6 heteroatoms. The first-order valence-corrected chi connectivity index (χ1v) is 11.2. The van der Waals surface area contributed by atoms with Gasteiger partial charge in [-0.2, -0.15) is 23.5 Å². The van der Waals surface area contributed by atoms with Crippen molar-refractivity contribution < 1.29 is 9.84 Å². The molecule has 0 spiro atoms. The Bertz CT molecular complexity index is 456. The lowest BCUT2D eigenvalue weighted by Crippen LogP contribution is -2.40. The number of aliphatic hydroxyl groups excluding tert-OH is 1. The van der Waals surface area contributed by atoms with Gasteiger partial charge in [-0.05, 0) is 31.0 Å². The molecule has 0 aliphatic carbocycles. The molecule has 0 radical (unpaired) electrons. The summed E-state index contributed by atoms with van der Waals surface area (Å²) in [5.74, 6) is 4.40. The topological polar surface area (TPSA) is 44.7 Å². The van der Waals surface area contributed by atoms with Gasteiger partial charge in [0.2, 0.25) is 0 Å². The quantitative estimate of drug-likeness (QED) is 0.583. The second-order valence-corrected chi connectivity index (χ2v) is 8.22. The maximum Gasteiger partial charge on any atom is 0.123 e. The van der Waals surface area contributed by atoms with E-state index in [1.54, 1.807) is 0 Å². The van der Waals surface area contributed by atoms with Crippen molar-refractivity contribution in [3.05, 3.63) is 29.8 Å². The van der Waals surface area contributed by atoms with Gasteiger partial charge in [-0.25, -0.2) is 0 Å². The van der Waals surface area contributed by atoms with E-state index in [-0.39, 0.29) is 0 Å². The van der Waals surface area contributed by atoms with Crippen molar-refractivity contribution in [1.82, 2.24) is 10.2 Å². The zero-order chi connectivity index (χ0) is 17.0. The number of nitrogens with one attached hydrogen (secondary N) is 1. The highest BCUT2D eigenvalue weighted by Crippen LogP contribution is 2.18. The molecule has 2 N–H and O–H groups in total. The van der Waals surface area contributed by atoms with Gasteiger partial charge in [0.25, 0.3) is 0 Å². The molecule has 4 nitrogen and oxygen atoms in total. The maximum absolute atomic E-state index is 10.2. The molecule has 1 aliphatic heterocycles. The van der Waals surface area contributed by atoms with Crippen LogP contribution in [-0.4, -0.2) is 72.4 Å². The van der Waals surface area contributed by atoms with Crippen molar-refractivity contribution in [1.29, 1.82) is 0 Å². The highest BCUT2D eigenvalue weighted by atomic mass is 32.2. The predicted octanol–water partition coefficient (Wildman–Crippen LogP) is 2.32. The van der Waals surface area contributed by atoms with Crippen LogP contribution in [0.15, 0.2) is 24.3 Å². The van der Waals surface area contributed by atoms with Crippen molar-refractivity contribution in [3.63, 3.8) is 0 Å². The summed E-state index contributed by atoms with van der Waals surface area (Å²) in [5.41, 5.74) is 1.16. The molecule has 2 rings (SSSR count). The molecular weight excluding hydrogens is 340 g/mol. The summed E-state index contributed by atoms with van der Waals surface area (Å²) in [6.07, 6.45) is 2.88. The van der Waals surface area contributed by atoms with Crippen LogP contribution in [0.2, 0.25) is 0 Å². The van der Waals surface area contributed by atoms with Gasteiger partial charge >= 0.3 is 0 Å². The molecule has 1 aromatic rings. The van der Waals surface area contributed by atoms with Gasteiger partial charge in [-0.15, -0.1) is 0 Å². The first-order chi connectivity index (χ1) is 11.8. The lowest BCUT2D eigenvalue weighted by atomic mass is 10.2. The monoisotopic (exact) mass is 370 g/mol. The molecule has 0 saturated carbocycles. The second kappa shape index (κ2) is 12.0. The van der Waals surface area contributed by atoms with Crippen molar-refractivity contribution in [2.75, 3.05) is 56.3 Å². The summed E-state index contributed by atoms with van der Waals surface area (Å²) in [7, 11) is 0. The Morgan fingerprint density at radius 3 is 2.92 bits per heavy atom. The summed E-state index contributed by atoms with van der Waals surface area (Å²) in [6.45, 7) is 5.02. The van der Waals surface area contributed by atoms with Crippen molar-refractivity contribution in [3.8, 4) is 5.75 Å². The average Bonchev–Trinajstić information content (AvgIpc) is 2.61. The highest BCUT2D eigenvalue weighted by Gasteiger charge is 2.15. The maximum atomic E-state index is 10.2. The van der Waals surface area contributed by atoms with Gasteiger partial charge in [0, 0.05) is 43.2 Å². The minimum absolute atomic E-state index is 0.354. The predicted molar refractivity (Wildman–Crippen MR) is 106 cm³/mol. The molecule has 0 amide bonds. The molecule has 1 aromatic carbocycles. The molecule has 1 fully saturated rings. The standard InChI is InChI=1S/C18H30N2O2S2/c1-23-10-4-7-19-13-16-5-2-3-6-18(16)22-15-17(21)14-20-8-11-24-12-9-20/h2-3,5-6,17,19,21H,4,7-15H2,1H3. The van der Waals surface area contributed by atoms with Crippen LogP contribution >= 0.6 is 23.5 Å². The second-order valence-electron chi connectivity index (χ2n) is 6.01. The van der Waals surface area contributed by atoms with Crippen LogP contribution in [0.4, 0.5) is 0 Å². The molecule has 1 heterocycles. The number of aliphatic hydroxyl groups is 1. The van der Waals surface area contributed by atoms with Crippen molar-refractivity contribution in [2.45, 2.75) is 19.1 Å². The Morgan fingerprint density at radius 1 is 1.33 bits per heavy atom. The van der Waals surface area contributed by atoms with Crippen molar-refractivity contribution in [2.24, 2.45) is 0 Å². The molecule has 1 atom stereocenters. The van der Waals surface area contributed by atoms with Crippen LogP contribution in [0.1, 0.15) is 12.0 Å². The normalized spacial score (nSPS) is 16.9. The van der Waals surface area contributed by atoms with E-state index in [0.717, 1.165) is 37.5 Å². The summed E-state index contributed by atoms with van der Waals surface area (Å²) in [5, 5.41) is 13.7. The average molecular weight is 371 g/mol. The van der Waals surface area contributed by atoms with E-state index in [4.69, 9.17) is 4.74 Å². The van der Waals surface area contributed by atoms with E-state index in [2.05, 4.69) is 22.5 Å². The van der Waals surface area contributed by atoms with Crippen LogP contribution in [0.3, 0.4) is 0 Å². The number of thioether (sulfide) groups is 2. The molecule has 1 aliphatic rings. The first kappa shape index (κ1) is 19.9. The van der Waals surface area contributed by atoms with Crippen LogP contribution in [-0.2, 0) is 6.54 Å². The third-order valence-electron chi connectivity index (χ3n) is 3.99. The molecule has 1 saturated heterocycles. The third-order valence-corrected chi connectivity index (χ3v) is 5.63. The molecule has 0 bridgehead atoms. The number of nitrogens with zero attached hydrogens (tertiary/aromatic N) is 1. The van der Waals surface area contributed by atoms with E-state index < -0.39 is 6.10 Å². The molecule has 1 unspecified atom stereocenters. The number of hydrogen-bond donors (Lipinski definition) is 2. The Labute approximate surface area is 154 Å². The highest BCUT2D eigenvalue weighted by molar-refractivity contribution is 7.99. The van der Waals surface area contributed by atoms with Gasteiger partial charge < -0.3 is 15.2 Å². The molecule has 24 heavy (non-hydrogen) atoms. The van der Waals surface area contributed by atoms with E-state index in [1.807, 2.05) is 41.7 Å². The molecule has 136 valence electrons. The Hall–Kier alpha value is -0.400. The van der Waals surface area contributed by atoms with Gasteiger partial charge in [-0.1, -0.05) is 18.2 Å². The fourth-order valence-electron chi connectivity index (χ4n) is 2.68. The zero-order valence-electron chi connectivity index (χ0n) is 14.6. The minimum Gasteiger partial charge on any atom is -0.491 e. The van der Waals surface area contributed by atoms with E-state index >= 15 is 0 Å². The Morgan fingerprint density at radius 2 is 2.12 bits per heavy atom. The number of para-hydroxylation sites is 1. The van der Waals surface area contributed by atoms with E-state index in [0.29, 0.717) is 13.2 Å². The molecular formula is C18H30N2O2S2. The SMILES string of the molecule is CSCCCNCc1ccccc1OCC(O)CN1CCSCC1. The number of rotatable bonds is 11. The summed E-state index contributed by atoms with van der Waals surface area (Å²) >= 11 is 3.87. The summed E-state index contributed by atoms with van der Waals surface area (Å²) < 4.78 is 5.89. The Kier molecular flexibility index (Phi) is 9.99. The molecule has 0 aromatic heterocycles. The fraction of sp³-hybridized carbons (Fsp3) is 0.667. The number of hydrogen-bond acceptors (Lipinski definition) is 6. The number of benzene rings is 1. The van der Waals surface area contributed by atoms with Crippen LogP contribution in [0.25, 0.3) is 0 Å². The van der Waals surface area contributed by atoms with Gasteiger partial charge in [0.1, 0.15) is 18.5 Å². The number of β-amino-alcohol motifs (C(OH)–C–C–N with tert-alkyl or cyclic N) is 1.